The molecule has 7 unspecified atom stereocenters. The van der Waals surface area contributed by atoms with Crippen LogP contribution in [0.3, 0.4) is 0 Å². The number of rotatable bonds is 35. The first kappa shape index (κ1) is 50.2. The summed E-state index contributed by atoms with van der Waals surface area (Å²) in [5.41, 5.74) is 0. The second kappa shape index (κ2) is 35.6. The molecule has 0 saturated carbocycles. The topological polar surface area (TPSA) is 149 Å². The van der Waals surface area contributed by atoms with E-state index < -0.39 is 49.5 Å². The molecule has 0 aromatic heterocycles. The molecule has 1 fully saturated rings. The van der Waals surface area contributed by atoms with E-state index >= 15 is 0 Å². The lowest BCUT2D eigenvalue weighted by Gasteiger charge is -2.40. The lowest BCUT2D eigenvalue weighted by Crippen LogP contribution is -2.60. The predicted octanol–water partition coefficient (Wildman–Crippen LogP) is 8.67. The summed E-state index contributed by atoms with van der Waals surface area (Å²) < 4.78 is 11.2. The van der Waals surface area contributed by atoms with Crippen LogP contribution in [-0.2, 0) is 14.3 Å². The van der Waals surface area contributed by atoms with E-state index in [1.807, 2.05) is 6.08 Å². The van der Waals surface area contributed by atoms with Crippen molar-refractivity contribution in [2.75, 3.05) is 13.2 Å². The first-order valence-corrected chi connectivity index (χ1v) is 21.9. The van der Waals surface area contributed by atoms with Crippen molar-refractivity contribution < 1.29 is 39.8 Å². The van der Waals surface area contributed by atoms with Crippen molar-refractivity contribution in [2.24, 2.45) is 0 Å². The molecule has 1 aliphatic heterocycles. The molecule has 1 saturated heterocycles. The summed E-state index contributed by atoms with van der Waals surface area (Å²) in [5, 5.41) is 54.0. The molecule has 0 aromatic carbocycles. The summed E-state index contributed by atoms with van der Waals surface area (Å²) in [5.74, 6) is -0.192. The van der Waals surface area contributed by atoms with E-state index in [1.54, 1.807) is 6.08 Å². The minimum atomic E-state index is -1.57. The van der Waals surface area contributed by atoms with Gasteiger partial charge in [0.1, 0.15) is 24.4 Å². The van der Waals surface area contributed by atoms with E-state index in [2.05, 4.69) is 55.6 Å². The van der Waals surface area contributed by atoms with Gasteiger partial charge in [-0.1, -0.05) is 159 Å². The van der Waals surface area contributed by atoms with Crippen LogP contribution in [0.1, 0.15) is 174 Å². The standard InChI is InChI=1S/C45H81NO8/c1-3-5-7-9-11-13-15-16-17-18-19-20-21-22-23-24-25-27-29-31-33-35-41(49)46-38(37-53-45-44(52)43(51)42(50)40(36-47)54-45)39(48)34-32-30-28-26-14-12-10-8-6-4-2/h5,7,11,13-14,26,32,34,38-40,42-45,47-48,50-52H,3-4,6,8-10,12,15-25,27-31,33,35-37H2,1-2H3,(H,46,49)/b7-5-,13-11-,26-14+,34-32+. The molecule has 0 aromatic rings. The Morgan fingerprint density at radius 3 is 1.76 bits per heavy atom. The number of ether oxygens (including phenoxy) is 2. The highest BCUT2D eigenvalue weighted by Gasteiger charge is 2.44. The third kappa shape index (κ3) is 26.1. The van der Waals surface area contributed by atoms with Crippen LogP contribution >= 0.6 is 0 Å². The van der Waals surface area contributed by atoms with Crippen molar-refractivity contribution in [3.05, 3.63) is 48.6 Å². The molecule has 0 aliphatic carbocycles. The zero-order valence-corrected chi connectivity index (χ0v) is 34.2. The molecule has 0 radical (unpaired) electrons. The third-order valence-corrected chi connectivity index (χ3v) is 10.1. The summed E-state index contributed by atoms with van der Waals surface area (Å²) in [4.78, 5) is 12.9. The molecule has 1 rings (SSSR count). The maximum Gasteiger partial charge on any atom is 0.220 e. The van der Waals surface area contributed by atoms with Crippen molar-refractivity contribution in [1.29, 1.82) is 0 Å². The van der Waals surface area contributed by atoms with E-state index in [1.165, 1.54) is 103 Å². The quantitative estimate of drug-likeness (QED) is 0.0278. The van der Waals surface area contributed by atoms with Gasteiger partial charge in [0.25, 0.3) is 0 Å². The summed E-state index contributed by atoms with van der Waals surface area (Å²) in [6, 6.07) is -0.819. The van der Waals surface area contributed by atoms with Crippen LogP contribution in [0.25, 0.3) is 0 Å². The monoisotopic (exact) mass is 764 g/mol. The number of carbonyl (C=O) groups excluding carboxylic acids is 1. The number of allylic oxidation sites excluding steroid dienone is 7. The Balaban J connectivity index is 2.30. The molecule has 0 spiro atoms. The molecule has 9 heteroatoms. The second-order valence-corrected chi connectivity index (χ2v) is 15.1. The van der Waals surface area contributed by atoms with E-state index in [-0.39, 0.29) is 12.5 Å². The zero-order chi connectivity index (χ0) is 39.5. The molecular weight excluding hydrogens is 682 g/mol. The number of hydrogen-bond acceptors (Lipinski definition) is 8. The number of carbonyl (C=O) groups is 1. The maximum atomic E-state index is 12.9. The number of aliphatic hydroxyl groups excluding tert-OH is 5. The van der Waals surface area contributed by atoms with Crippen LogP contribution in [0.4, 0.5) is 0 Å². The fraction of sp³-hybridized carbons (Fsp3) is 0.800. The molecule has 1 amide bonds. The molecule has 1 heterocycles. The highest BCUT2D eigenvalue weighted by Crippen LogP contribution is 2.22. The van der Waals surface area contributed by atoms with Crippen LogP contribution in [0.15, 0.2) is 48.6 Å². The van der Waals surface area contributed by atoms with Crippen molar-refractivity contribution in [3.8, 4) is 0 Å². The van der Waals surface area contributed by atoms with Crippen LogP contribution in [0, 0.1) is 0 Å². The van der Waals surface area contributed by atoms with E-state index in [4.69, 9.17) is 9.47 Å². The molecule has 7 atom stereocenters. The van der Waals surface area contributed by atoms with Gasteiger partial charge in [-0.25, -0.2) is 0 Å². The minimum absolute atomic E-state index is 0.192. The van der Waals surface area contributed by atoms with Crippen LogP contribution in [-0.4, -0.2) is 87.5 Å². The zero-order valence-electron chi connectivity index (χ0n) is 34.2. The Labute approximate surface area is 329 Å². The van der Waals surface area contributed by atoms with Crippen LogP contribution in [0.5, 0.6) is 0 Å². The normalized spacial score (nSPS) is 21.9. The van der Waals surface area contributed by atoms with Gasteiger partial charge in [-0.05, 0) is 57.8 Å². The third-order valence-electron chi connectivity index (χ3n) is 10.1. The SMILES string of the molecule is CC/C=C\C/C=C\CCCCCCCCCCCCCCCCC(=O)NC(COC1OC(CO)C(O)C(O)C1O)C(O)/C=C/CC/C=C/CCCCCC. The first-order chi connectivity index (χ1) is 26.3. The van der Waals surface area contributed by atoms with Gasteiger partial charge in [-0.15, -0.1) is 0 Å². The molecular formula is C45H81NO8. The summed E-state index contributed by atoms with van der Waals surface area (Å²) >= 11 is 0. The van der Waals surface area contributed by atoms with Gasteiger partial charge in [0.2, 0.25) is 5.91 Å². The number of amides is 1. The van der Waals surface area contributed by atoms with Crippen LogP contribution in [0.2, 0.25) is 0 Å². The van der Waals surface area contributed by atoms with Gasteiger partial charge in [0.15, 0.2) is 6.29 Å². The Hall–Kier alpha value is -1.85. The highest BCUT2D eigenvalue weighted by atomic mass is 16.7. The van der Waals surface area contributed by atoms with E-state index in [0.717, 1.165) is 51.4 Å². The van der Waals surface area contributed by atoms with Gasteiger partial charge < -0.3 is 40.3 Å². The molecule has 0 bridgehead atoms. The number of unbranched alkanes of at least 4 members (excludes halogenated alkanes) is 19. The highest BCUT2D eigenvalue weighted by molar-refractivity contribution is 5.76. The molecule has 6 N–H and O–H groups in total. The summed E-state index contributed by atoms with van der Waals surface area (Å²) in [6.45, 7) is 3.60. The Morgan fingerprint density at radius 2 is 1.17 bits per heavy atom. The molecule has 314 valence electrons. The summed E-state index contributed by atoms with van der Waals surface area (Å²) in [7, 11) is 0. The average molecular weight is 764 g/mol. The number of aliphatic hydroxyl groups is 5. The fourth-order valence-electron chi connectivity index (χ4n) is 6.62. The Morgan fingerprint density at radius 1 is 0.648 bits per heavy atom. The van der Waals surface area contributed by atoms with Gasteiger partial charge in [-0.3, -0.25) is 4.79 Å². The van der Waals surface area contributed by atoms with Crippen molar-refractivity contribution in [1.82, 2.24) is 5.32 Å². The van der Waals surface area contributed by atoms with Crippen molar-refractivity contribution in [3.63, 3.8) is 0 Å². The van der Waals surface area contributed by atoms with Crippen LogP contribution < -0.4 is 5.32 Å². The molecule has 1 aliphatic rings. The minimum Gasteiger partial charge on any atom is -0.394 e. The van der Waals surface area contributed by atoms with E-state index in [0.29, 0.717) is 6.42 Å². The smallest absolute Gasteiger partial charge is 0.220 e. The van der Waals surface area contributed by atoms with Gasteiger partial charge in [-0.2, -0.15) is 0 Å². The van der Waals surface area contributed by atoms with Crippen molar-refractivity contribution in [2.45, 2.75) is 217 Å². The largest absolute Gasteiger partial charge is 0.394 e. The lowest BCUT2D eigenvalue weighted by molar-refractivity contribution is -0.302. The lowest BCUT2D eigenvalue weighted by atomic mass is 9.99. The first-order valence-electron chi connectivity index (χ1n) is 21.9. The predicted molar refractivity (Wildman–Crippen MR) is 221 cm³/mol. The van der Waals surface area contributed by atoms with Gasteiger partial charge in [0.05, 0.1) is 25.4 Å². The van der Waals surface area contributed by atoms with Gasteiger partial charge >= 0.3 is 0 Å². The Kier molecular flexibility index (Phi) is 33.0. The fourth-order valence-corrected chi connectivity index (χ4v) is 6.62. The Bertz CT molecular complexity index is 983. The van der Waals surface area contributed by atoms with Crippen molar-refractivity contribution >= 4 is 5.91 Å². The second-order valence-electron chi connectivity index (χ2n) is 15.1. The average Bonchev–Trinajstić information content (AvgIpc) is 3.17. The molecule has 54 heavy (non-hydrogen) atoms. The maximum absolute atomic E-state index is 12.9. The van der Waals surface area contributed by atoms with E-state index in [9.17, 15) is 30.3 Å². The van der Waals surface area contributed by atoms with Gasteiger partial charge in [0, 0.05) is 6.42 Å². The number of nitrogens with one attached hydrogen (secondary N) is 1. The molecule has 9 nitrogen and oxygen atoms in total. The number of hydrogen-bond donors (Lipinski definition) is 6. The summed E-state index contributed by atoms with van der Waals surface area (Å²) in [6.07, 6.45) is 37.4.